The normalized spacial score (nSPS) is 9.95. The van der Waals surface area contributed by atoms with Crippen LogP contribution in [-0.2, 0) is 4.79 Å². The Morgan fingerprint density at radius 1 is 1.29 bits per heavy atom. The van der Waals surface area contributed by atoms with Gasteiger partial charge in [-0.2, -0.15) is 0 Å². The molecule has 0 aliphatic heterocycles. The molecule has 2 rings (SSSR count). The predicted octanol–water partition coefficient (Wildman–Crippen LogP) is 1.33. The summed E-state index contributed by atoms with van der Waals surface area (Å²) in [6, 6.07) is 4.59. The first-order chi connectivity index (χ1) is 10.1. The molecule has 0 aliphatic rings. The molecule has 0 saturated heterocycles. The monoisotopic (exact) mass is 291 g/mol. The Morgan fingerprint density at radius 3 is 2.67 bits per heavy atom. The molecule has 1 aromatic heterocycles. The smallest absolute Gasteiger partial charge is 0.339 e. The Balaban J connectivity index is 2.00. The number of nitrogens with zero attached hydrogens (tertiary/aromatic N) is 2. The van der Waals surface area contributed by atoms with Gasteiger partial charge in [-0.3, -0.25) is 10.1 Å². The molecule has 2 N–H and O–H groups in total. The van der Waals surface area contributed by atoms with E-state index in [2.05, 4.69) is 15.3 Å². The number of halogens is 1. The highest BCUT2D eigenvalue weighted by Crippen LogP contribution is 2.19. The molecular weight excluding hydrogens is 281 g/mol. The van der Waals surface area contributed by atoms with E-state index in [1.807, 2.05) is 0 Å². The minimum Gasteiger partial charge on any atom is -0.483 e. The quantitative estimate of drug-likeness (QED) is 0.861. The second-order valence-corrected chi connectivity index (χ2v) is 3.85. The zero-order valence-electron chi connectivity index (χ0n) is 10.6. The molecule has 0 atom stereocenters. The fourth-order valence-corrected chi connectivity index (χ4v) is 1.46. The molecule has 0 spiro atoms. The molecule has 0 bridgehead atoms. The highest BCUT2D eigenvalue weighted by atomic mass is 19.1. The van der Waals surface area contributed by atoms with Crippen LogP contribution in [0.4, 0.5) is 10.3 Å². The number of nitrogens with one attached hydrogen (secondary N) is 1. The van der Waals surface area contributed by atoms with Crippen LogP contribution in [0.3, 0.4) is 0 Å². The molecule has 0 unspecified atom stereocenters. The average Bonchev–Trinajstić information content (AvgIpc) is 2.47. The summed E-state index contributed by atoms with van der Waals surface area (Å²) in [6.07, 6.45) is 2.90. The predicted molar refractivity (Wildman–Crippen MR) is 69.5 cm³/mol. The molecule has 108 valence electrons. The lowest BCUT2D eigenvalue weighted by atomic mass is 10.2. The van der Waals surface area contributed by atoms with E-state index in [1.54, 1.807) is 6.07 Å². The molecule has 1 amide bonds. The van der Waals surface area contributed by atoms with Crippen molar-refractivity contribution in [3.8, 4) is 5.75 Å². The number of carbonyl (C=O) groups is 2. The van der Waals surface area contributed by atoms with Crippen molar-refractivity contribution in [3.63, 3.8) is 0 Å². The van der Waals surface area contributed by atoms with Gasteiger partial charge in [-0.15, -0.1) is 0 Å². The van der Waals surface area contributed by atoms with Crippen LogP contribution < -0.4 is 10.1 Å². The molecule has 1 aromatic carbocycles. The van der Waals surface area contributed by atoms with Crippen molar-refractivity contribution in [2.75, 3.05) is 11.9 Å². The van der Waals surface area contributed by atoms with Gasteiger partial charge >= 0.3 is 5.97 Å². The maximum Gasteiger partial charge on any atom is 0.339 e. The van der Waals surface area contributed by atoms with Gasteiger partial charge in [0.1, 0.15) is 17.1 Å². The number of rotatable bonds is 5. The third-order valence-electron chi connectivity index (χ3n) is 2.35. The van der Waals surface area contributed by atoms with Crippen LogP contribution in [0.25, 0.3) is 0 Å². The zero-order chi connectivity index (χ0) is 15.2. The third-order valence-corrected chi connectivity index (χ3v) is 2.35. The Labute approximate surface area is 118 Å². The van der Waals surface area contributed by atoms with Crippen LogP contribution in [0, 0.1) is 5.82 Å². The number of hydrogen-bond donors (Lipinski definition) is 2. The van der Waals surface area contributed by atoms with E-state index >= 15 is 0 Å². The summed E-state index contributed by atoms with van der Waals surface area (Å²) < 4.78 is 18.1. The molecule has 0 radical (unpaired) electrons. The van der Waals surface area contributed by atoms with Crippen molar-refractivity contribution in [2.24, 2.45) is 0 Å². The highest BCUT2D eigenvalue weighted by Gasteiger charge is 2.14. The van der Waals surface area contributed by atoms with Crippen molar-refractivity contribution < 1.29 is 23.8 Å². The molecule has 0 saturated carbocycles. The van der Waals surface area contributed by atoms with Gasteiger partial charge in [-0.1, -0.05) is 0 Å². The summed E-state index contributed by atoms with van der Waals surface area (Å²) in [6.45, 7) is -0.454. The van der Waals surface area contributed by atoms with Crippen LogP contribution in [0.1, 0.15) is 10.4 Å². The number of anilines is 1. The fraction of sp³-hybridized carbons (Fsp3) is 0.0769. The molecule has 2 aromatic rings. The number of aromatic nitrogens is 2. The van der Waals surface area contributed by atoms with Gasteiger partial charge < -0.3 is 9.84 Å². The van der Waals surface area contributed by atoms with E-state index in [0.717, 1.165) is 18.2 Å². The van der Waals surface area contributed by atoms with Crippen molar-refractivity contribution in [1.29, 1.82) is 0 Å². The fourth-order valence-electron chi connectivity index (χ4n) is 1.46. The van der Waals surface area contributed by atoms with Gasteiger partial charge in [-0.05, 0) is 24.3 Å². The molecule has 0 aliphatic carbocycles. The van der Waals surface area contributed by atoms with Gasteiger partial charge in [0.05, 0.1) is 0 Å². The lowest BCUT2D eigenvalue weighted by Crippen LogP contribution is -2.22. The lowest BCUT2D eigenvalue weighted by Gasteiger charge is -2.09. The molecule has 8 heteroatoms. The van der Waals surface area contributed by atoms with E-state index in [-0.39, 0.29) is 17.3 Å². The Morgan fingerprint density at radius 2 is 2.00 bits per heavy atom. The van der Waals surface area contributed by atoms with E-state index < -0.39 is 24.3 Å². The molecule has 21 heavy (non-hydrogen) atoms. The van der Waals surface area contributed by atoms with E-state index in [9.17, 15) is 14.0 Å². The topological polar surface area (TPSA) is 101 Å². The number of ether oxygens (including phenoxy) is 1. The van der Waals surface area contributed by atoms with Gasteiger partial charge in [0, 0.05) is 12.4 Å². The first kappa shape index (κ1) is 14.4. The van der Waals surface area contributed by atoms with Gasteiger partial charge in [-0.25, -0.2) is 19.2 Å². The Kier molecular flexibility index (Phi) is 4.39. The molecule has 7 nitrogen and oxygen atoms in total. The zero-order valence-corrected chi connectivity index (χ0v) is 10.6. The number of amides is 1. The standard InChI is InChI=1S/C13H10FN3O4/c14-8-2-3-10(9(6-8)12(19)20)21-7-11(18)17-13-15-4-1-5-16-13/h1-6H,7H2,(H,19,20)(H,15,16,17,18). The first-order valence-corrected chi connectivity index (χ1v) is 5.79. The highest BCUT2D eigenvalue weighted by molar-refractivity contribution is 5.92. The van der Waals surface area contributed by atoms with Crippen LogP contribution in [0.2, 0.25) is 0 Å². The second-order valence-electron chi connectivity index (χ2n) is 3.85. The summed E-state index contributed by atoms with van der Waals surface area (Å²) in [4.78, 5) is 30.1. The molecule has 1 heterocycles. The number of aromatic carboxylic acids is 1. The summed E-state index contributed by atoms with van der Waals surface area (Å²) >= 11 is 0. The SMILES string of the molecule is O=C(COc1ccc(F)cc1C(=O)O)Nc1ncccn1. The van der Waals surface area contributed by atoms with E-state index in [0.29, 0.717) is 0 Å². The number of benzene rings is 1. The summed E-state index contributed by atoms with van der Waals surface area (Å²) in [5.41, 5.74) is -0.362. The summed E-state index contributed by atoms with van der Waals surface area (Å²) in [7, 11) is 0. The van der Waals surface area contributed by atoms with Crippen LogP contribution >= 0.6 is 0 Å². The number of hydrogen-bond acceptors (Lipinski definition) is 5. The third kappa shape index (κ3) is 3.96. The summed E-state index contributed by atoms with van der Waals surface area (Å²) in [5.74, 6) is -2.63. The van der Waals surface area contributed by atoms with Crippen LogP contribution in [0.5, 0.6) is 5.75 Å². The molecular formula is C13H10FN3O4. The lowest BCUT2D eigenvalue weighted by molar-refractivity contribution is -0.118. The van der Waals surface area contributed by atoms with Gasteiger partial charge in [0.2, 0.25) is 5.95 Å². The summed E-state index contributed by atoms with van der Waals surface area (Å²) in [5, 5.41) is 11.3. The molecule has 0 fully saturated rings. The first-order valence-electron chi connectivity index (χ1n) is 5.79. The van der Waals surface area contributed by atoms with E-state index in [1.165, 1.54) is 12.4 Å². The second kappa shape index (κ2) is 6.42. The Bertz CT molecular complexity index is 664. The van der Waals surface area contributed by atoms with Gasteiger partial charge in [0.15, 0.2) is 6.61 Å². The average molecular weight is 291 g/mol. The van der Waals surface area contributed by atoms with E-state index in [4.69, 9.17) is 9.84 Å². The van der Waals surface area contributed by atoms with Crippen molar-refractivity contribution in [1.82, 2.24) is 9.97 Å². The van der Waals surface area contributed by atoms with Crippen molar-refractivity contribution in [3.05, 3.63) is 48.0 Å². The van der Waals surface area contributed by atoms with Crippen LogP contribution in [-0.4, -0.2) is 33.6 Å². The number of carboxylic acid groups (broad SMARTS) is 1. The number of carbonyl (C=O) groups excluding carboxylic acids is 1. The van der Waals surface area contributed by atoms with Crippen molar-refractivity contribution >= 4 is 17.8 Å². The maximum atomic E-state index is 13.0. The number of carboxylic acids is 1. The maximum absolute atomic E-state index is 13.0. The largest absolute Gasteiger partial charge is 0.483 e. The minimum absolute atomic E-state index is 0.101. The minimum atomic E-state index is -1.35. The van der Waals surface area contributed by atoms with Crippen molar-refractivity contribution in [2.45, 2.75) is 0 Å². The Hall–Kier alpha value is -3.03. The van der Waals surface area contributed by atoms with Gasteiger partial charge in [0.25, 0.3) is 5.91 Å². The van der Waals surface area contributed by atoms with Crippen LogP contribution in [0.15, 0.2) is 36.7 Å².